The van der Waals surface area contributed by atoms with Crippen molar-refractivity contribution < 1.29 is 13.9 Å². The minimum atomic E-state index is -0.772. The van der Waals surface area contributed by atoms with E-state index in [1.165, 1.54) is 6.26 Å². The zero-order valence-electron chi connectivity index (χ0n) is 14.8. The number of carbonyl (C=O) groups excluding carboxylic acids is 1. The average molecular weight is 375 g/mol. The molecule has 0 aliphatic carbocycles. The third-order valence-corrected chi connectivity index (χ3v) is 4.07. The summed E-state index contributed by atoms with van der Waals surface area (Å²) in [7, 11) is 0. The summed E-state index contributed by atoms with van der Waals surface area (Å²) >= 11 is 0. The first-order valence-electron chi connectivity index (χ1n) is 8.61. The molecule has 8 nitrogen and oxygen atoms in total. The third-order valence-electron chi connectivity index (χ3n) is 4.07. The Labute approximate surface area is 160 Å². The zero-order chi connectivity index (χ0) is 19.3. The van der Waals surface area contributed by atoms with Crippen LogP contribution in [0.2, 0.25) is 0 Å². The molecule has 8 heteroatoms. The Morgan fingerprint density at radius 2 is 2.00 bits per heavy atom. The van der Waals surface area contributed by atoms with Crippen molar-refractivity contribution in [3.63, 3.8) is 0 Å². The Morgan fingerprint density at radius 1 is 1.14 bits per heavy atom. The molecule has 0 saturated heterocycles. The maximum absolute atomic E-state index is 12.2. The first-order chi connectivity index (χ1) is 13.7. The number of furan rings is 1. The molecule has 4 rings (SSSR count). The fraction of sp³-hybridized carbons (Fsp3) is 0.100. The lowest BCUT2D eigenvalue weighted by Gasteiger charge is -2.16. The number of hydrogen-bond acceptors (Lipinski definition) is 6. The van der Waals surface area contributed by atoms with Crippen LogP contribution in [-0.2, 0) is 4.79 Å². The molecule has 4 aromatic rings. The molecule has 0 fully saturated rings. The normalized spacial score (nSPS) is 11.9. The van der Waals surface area contributed by atoms with E-state index in [4.69, 9.17) is 14.9 Å². The van der Waals surface area contributed by atoms with Gasteiger partial charge in [-0.05, 0) is 30.3 Å². The number of para-hydroxylation sites is 1. The Bertz CT molecular complexity index is 994. The Morgan fingerprint density at radius 3 is 2.68 bits per heavy atom. The second kappa shape index (κ2) is 7.75. The highest BCUT2D eigenvalue weighted by Crippen LogP contribution is 2.23. The van der Waals surface area contributed by atoms with Crippen molar-refractivity contribution in [2.45, 2.75) is 5.92 Å². The average Bonchev–Trinajstić information content (AvgIpc) is 3.43. The van der Waals surface area contributed by atoms with Gasteiger partial charge >= 0.3 is 0 Å². The van der Waals surface area contributed by atoms with E-state index < -0.39 is 11.8 Å². The van der Waals surface area contributed by atoms with Crippen molar-refractivity contribution in [1.82, 2.24) is 19.7 Å². The van der Waals surface area contributed by atoms with E-state index in [2.05, 4.69) is 15.1 Å². The van der Waals surface area contributed by atoms with Crippen LogP contribution in [0.1, 0.15) is 11.6 Å². The van der Waals surface area contributed by atoms with Gasteiger partial charge in [-0.25, -0.2) is 14.6 Å². The molecular weight excluding hydrogens is 358 g/mol. The van der Waals surface area contributed by atoms with E-state index in [-0.39, 0.29) is 6.61 Å². The Kier molecular flexibility index (Phi) is 4.83. The smallest absolute Gasteiger partial charge is 0.230 e. The van der Waals surface area contributed by atoms with Gasteiger partial charge in [-0.3, -0.25) is 4.79 Å². The van der Waals surface area contributed by atoms with Crippen LogP contribution in [0, 0.1) is 0 Å². The fourth-order valence-corrected chi connectivity index (χ4v) is 2.68. The standard InChI is InChI=1S/C20H17N5O3/c21-19(26)15(13-28-14-6-2-1-3-7-14)16-12-18(25-10-5-9-22-25)24-20(23-16)17-8-4-11-27-17/h1-12,15H,13H2,(H2,21,26). The molecule has 140 valence electrons. The topological polar surface area (TPSA) is 109 Å². The number of rotatable bonds is 7. The molecule has 2 N–H and O–H groups in total. The summed E-state index contributed by atoms with van der Waals surface area (Å²) in [5.74, 6) is 0.618. The van der Waals surface area contributed by atoms with Gasteiger partial charge in [0.25, 0.3) is 0 Å². The summed E-state index contributed by atoms with van der Waals surface area (Å²) in [5, 5.41) is 4.20. The summed E-state index contributed by atoms with van der Waals surface area (Å²) in [4.78, 5) is 21.1. The van der Waals surface area contributed by atoms with Crippen LogP contribution in [0.15, 0.2) is 77.7 Å². The third kappa shape index (κ3) is 3.75. The van der Waals surface area contributed by atoms with E-state index in [1.807, 2.05) is 30.3 Å². The van der Waals surface area contributed by atoms with Crippen LogP contribution in [0.4, 0.5) is 0 Å². The molecule has 1 unspecified atom stereocenters. The molecule has 0 bridgehead atoms. The van der Waals surface area contributed by atoms with Gasteiger partial charge in [0.05, 0.1) is 12.0 Å². The highest BCUT2D eigenvalue weighted by Gasteiger charge is 2.23. The quantitative estimate of drug-likeness (QED) is 0.532. The number of benzene rings is 1. The summed E-state index contributed by atoms with van der Waals surface area (Å²) in [6, 6.07) is 16.1. The maximum Gasteiger partial charge on any atom is 0.230 e. The molecule has 0 radical (unpaired) electrons. The molecule has 28 heavy (non-hydrogen) atoms. The second-order valence-corrected chi connectivity index (χ2v) is 5.98. The number of hydrogen-bond donors (Lipinski definition) is 1. The van der Waals surface area contributed by atoms with E-state index in [0.717, 1.165) is 0 Å². The summed E-state index contributed by atoms with van der Waals surface area (Å²) in [5.41, 5.74) is 6.07. The van der Waals surface area contributed by atoms with Crippen LogP contribution in [0.5, 0.6) is 5.75 Å². The van der Waals surface area contributed by atoms with Gasteiger partial charge < -0.3 is 14.9 Å². The molecule has 0 spiro atoms. The Hall–Kier alpha value is -3.94. The number of nitrogens with zero attached hydrogens (tertiary/aromatic N) is 4. The number of carbonyl (C=O) groups is 1. The lowest BCUT2D eigenvalue weighted by Crippen LogP contribution is -2.28. The lowest BCUT2D eigenvalue weighted by atomic mass is 10.1. The van der Waals surface area contributed by atoms with Crippen LogP contribution in [-0.4, -0.2) is 32.3 Å². The minimum Gasteiger partial charge on any atom is -0.492 e. The maximum atomic E-state index is 12.2. The number of aromatic nitrogens is 4. The summed E-state index contributed by atoms with van der Waals surface area (Å²) in [6.45, 7) is 0.0481. The van der Waals surface area contributed by atoms with Gasteiger partial charge in [0, 0.05) is 18.5 Å². The van der Waals surface area contributed by atoms with Gasteiger partial charge in [-0.1, -0.05) is 18.2 Å². The van der Waals surface area contributed by atoms with Crippen LogP contribution in [0.25, 0.3) is 17.4 Å². The number of nitrogens with two attached hydrogens (primary N) is 1. The molecular formula is C20H17N5O3. The van der Waals surface area contributed by atoms with Crippen molar-refractivity contribution in [2.75, 3.05) is 6.61 Å². The van der Waals surface area contributed by atoms with Crippen LogP contribution < -0.4 is 10.5 Å². The minimum absolute atomic E-state index is 0.0481. The molecule has 1 atom stereocenters. The number of amides is 1. The first-order valence-corrected chi connectivity index (χ1v) is 8.61. The summed E-state index contributed by atoms with van der Waals surface area (Å²) in [6.07, 6.45) is 4.92. The van der Waals surface area contributed by atoms with E-state index in [1.54, 1.807) is 41.3 Å². The molecule has 1 amide bonds. The van der Waals surface area contributed by atoms with Gasteiger partial charge in [-0.15, -0.1) is 0 Å². The van der Waals surface area contributed by atoms with E-state index in [0.29, 0.717) is 28.8 Å². The lowest BCUT2D eigenvalue weighted by molar-refractivity contribution is -0.120. The predicted octanol–water partition coefficient (Wildman–Crippen LogP) is 2.57. The molecule has 0 aliphatic rings. The second-order valence-electron chi connectivity index (χ2n) is 5.98. The Balaban J connectivity index is 1.71. The van der Waals surface area contributed by atoms with Gasteiger partial charge in [0.15, 0.2) is 17.4 Å². The molecule has 1 aromatic carbocycles. The molecule has 0 aliphatic heterocycles. The van der Waals surface area contributed by atoms with Crippen LogP contribution >= 0.6 is 0 Å². The highest BCUT2D eigenvalue weighted by atomic mass is 16.5. The number of primary amides is 1. The van der Waals surface area contributed by atoms with Crippen molar-refractivity contribution in [1.29, 1.82) is 0 Å². The van der Waals surface area contributed by atoms with Gasteiger partial charge in [-0.2, -0.15) is 5.10 Å². The largest absolute Gasteiger partial charge is 0.492 e. The number of ether oxygens (including phenoxy) is 1. The van der Waals surface area contributed by atoms with Gasteiger partial charge in [0.2, 0.25) is 5.91 Å². The van der Waals surface area contributed by atoms with E-state index in [9.17, 15) is 4.79 Å². The monoisotopic (exact) mass is 375 g/mol. The highest BCUT2D eigenvalue weighted by molar-refractivity contribution is 5.81. The molecule has 3 heterocycles. The van der Waals surface area contributed by atoms with Crippen molar-refractivity contribution >= 4 is 5.91 Å². The fourth-order valence-electron chi connectivity index (χ4n) is 2.68. The SMILES string of the molecule is NC(=O)C(COc1ccccc1)c1cc(-n2cccn2)nc(-c2ccco2)n1. The van der Waals surface area contributed by atoms with Crippen LogP contribution in [0.3, 0.4) is 0 Å². The predicted molar refractivity (Wildman–Crippen MR) is 101 cm³/mol. The van der Waals surface area contributed by atoms with Gasteiger partial charge in [0.1, 0.15) is 18.3 Å². The molecule has 3 aromatic heterocycles. The summed E-state index contributed by atoms with van der Waals surface area (Å²) < 4.78 is 12.7. The van der Waals surface area contributed by atoms with Crippen molar-refractivity contribution in [3.05, 3.63) is 78.9 Å². The van der Waals surface area contributed by atoms with E-state index >= 15 is 0 Å². The van der Waals surface area contributed by atoms with Crippen molar-refractivity contribution in [3.8, 4) is 23.2 Å². The molecule has 0 saturated carbocycles. The first kappa shape index (κ1) is 17.5. The van der Waals surface area contributed by atoms with Crippen molar-refractivity contribution in [2.24, 2.45) is 5.73 Å². The zero-order valence-corrected chi connectivity index (χ0v) is 14.8.